The Morgan fingerprint density at radius 3 is 2.55 bits per heavy atom. The number of aromatic nitrogens is 2. The normalized spacial score (nSPS) is 11.3. The zero-order chi connectivity index (χ0) is 20.0. The van der Waals surface area contributed by atoms with Crippen LogP contribution in [-0.2, 0) is 0 Å². The van der Waals surface area contributed by atoms with Crippen LogP contribution in [-0.4, -0.2) is 16.5 Å². The van der Waals surface area contributed by atoms with Gasteiger partial charge in [-0.25, -0.2) is 13.8 Å². The quantitative estimate of drug-likeness (QED) is 0.383. The minimum absolute atomic E-state index is 0.277. The number of ether oxygens (including phenoxy) is 1. The zero-order valence-electron chi connectivity index (χ0n) is 15.3. The molecule has 5 aromatic rings. The van der Waals surface area contributed by atoms with Crippen molar-refractivity contribution in [3.05, 3.63) is 78.4 Å². The maximum Gasteiger partial charge on any atom is 0.197 e. The second-order valence-electron chi connectivity index (χ2n) is 6.45. The second kappa shape index (κ2) is 6.86. The molecule has 4 nitrogen and oxygen atoms in total. The lowest BCUT2D eigenvalue weighted by Crippen LogP contribution is -1.99. The molecule has 1 N–H and O–H groups in total. The van der Waals surface area contributed by atoms with E-state index in [1.54, 1.807) is 24.3 Å². The predicted molar refractivity (Wildman–Crippen MR) is 112 cm³/mol. The van der Waals surface area contributed by atoms with Gasteiger partial charge in [-0.1, -0.05) is 29.5 Å². The van der Waals surface area contributed by atoms with Crippen LogP contribution >= 0.6 is 11.3 Å². The number of halogens is 2. The lowest BCUT2D eigenvalue weighted by molar-refractivity contribution is 0.413. The molecule has 7 heteroatoms. The van der Waals surface area contributed by atoms with Gasteiger partial charge in [0.05, 0.1) is 22.9 Å². The molecule has 0 radical (unpaired) electrons. The summed E-state index contributed by atoms with van der Waals surface area (Å²) in [5.74, 6) is 0.224. The van der Waals surface area contributed by atoms with E-state index in [-0.39, 0.29) is 11.4 Å². The largest absolute Gasteiger partial charge is 0.496 e. The molecule has 0 atom stereocenters. The molecule has 0 amide bonds. The van der Waals surface area contributed by atoms with Gasteiger partial charge >= 0.3 is 0 Å². The number of nitrogens with zero attached hydrogens (tertiary/aromatic N) is 2. The fraction of sp³-hybridized carbons (Fsp3) is 0.0455. The maximum atomic E-state index is 14.8. The van der Waals surface area contributed by atoms with Crippen molar-refractivity contribution in [1.82, 2.24) is 9.38 Å². The Morgan fingerprint density at radius 1 is 0.966 bits per heavy atom. The van der Waals surface area contributed by atoms with E-state index >= 15 is 0 Å². The molecular weight excluding hydrogens is 392 g/mol. The van der Waals surface area contributed by atoms with Gasteiger partial charge in [0.2, 0.25) is 0 Å². The molecular formula is C22H15F2N3OS. The summed E-state index contributed by atoms with van der Waals surface area (Å²) in [5.41, 5.74) is 2.33. The van der Waals surface area contributed by atoms with Crippen molar-refractivity contribution < 1.29 is 13.5 Å². The molecule has 0 saturated heterocycles. The number of fused-ring (bicyclic) bond motifs is 3. The van der Waals surface area contributed by atoms with Crippen molar-refractivity contribution in [2.75, 3.05) is 12.4 Å². The lowest BCUT2D eigenvalue weighted by atomic mass is 10.1. The van der Waals surface area contributed by atoms with Crippen LogP contribution in [0.5, 0.6) is 5.75 Å². The first kappa shape index (κ1) is 17.6. The molecule has 0 aliphatic heterocycles. The maximum absolute atomic E-state index is 14.8. The average molecular weight is 407 g/mol. The number of benzene rings is 3. The number of anilines is 2. The van der Waals surface area contributed by atoms with Gasteiger partial charge in [-0.05, 0) is 48.5 Å². The molecule has 2 heterocycles. The number of thiazole rings is 1. The molecule has 0 saturated carbocycles. The molecule has 0 spiro atoms. The van der Waals surface area contributed by atoms with Crippen LogP contribution in [0, 0.1) is 11.6 Å². The molecule has 0 bridgehead atoms. The van der Waals surface area contributed by atoms with Gasteiger partial charge in [0.1, 0.15) is 28.9 Å². The summed E-state index contributed by atoms with van der Waals surface area (Å²) < 4.78 is 36.6. The van der Waals surface area contributed by atoms with E-state index in [0.717, 1.165) is 15.2 Å². The number of imidazole rings is 1. The lowest BCUT2D eigenvalue weighted by Gasteiger charge is -2.12. The van der Waals surface area contributed by atoms with Gasteiger partial charge in [0, 0.05) is 5.69 Å². The van der Waals surface area contributed by atoms with Gasteiger partial charge in [0.25, 0.3) is 0 Å². The van der Waals surface area contributed by atoms with Crippen LogP contribution < -0.4 is 10.1 Å². The summed E-state index contributed by atoms with van der Waals surface area (Å²) in [4.78, 5) is 5.45. The third kappa shape index (κ3) is 2.91. The summed E-state index contributed by atoms with van der Waals surface area (Å²) in [6.45, 7) is 0. The Kier molecular flexibility index (Phi) is 4.17. The summed E-state index contributed by atoms with van der Waals surface area (Å²) in [6.07, 6.45) is 0. The SMILES string of the molecule is COc1cccc(F)c1-c1nc2sc3ccccc3n2c1Nc1ccc(F)cc1. The van der Waals surface area contributed by atoms with Gasteiger partial charge < -0.3 is 10.1 Å². The first-order valence-corrected chi connectivity index (χ1v) is 9.73. The van der Waals surface area contributed by atoms with Gasteiger partial charge in [-0.3, -0.25) is 4.40 Å². The van der Waals surface area contributed by atoms with Crippen molar-refractivity contribution in [2.24, 2.45) is 0 Å². The Balaban J connectivity index is 1.81. The molecule has 144 valence electrons. The monoisotopic (exact) mass is 407 g/mol. The van der Waals surface area contributed by atoms with Crippen molar-refractivity contribution in [2.45, 2.75) is 0 Å². The summed E-state index contributed by atoms with van der Waals surface area (Å²) in [6, 6.07) is 18.6. The fourth-order valence-electron chi connectivity index (χ4n) is 3.38. The number of para-hydroxylation sites is 1. The number of hydrogen-bond donors (Lipinski definition) is 1. The Morgan fingerprint density at radius 2 is 1.76 bits per heavy atom. The summed E-state index contributed by atoms with van der Waals surface area (Å²) in [5, 5.41) is 3.30. The van der Waals surface area contributed by atoms with Crippen molar-refractivity contribution in [3.8, 4) is 17.0 Å². The highest BCUT2D eigenvalue weighted by atomic mass is 32.1. The van der Waals surface area contributed by atoms with Crippen molar-refractivity contribution in [1.29, 1.82) is 0 Å². The van der Waals surface area contributed by atoms with Crippen molar-refractivity contribution in [3.63, 3.8) is 0 Å². The second-order valence-corrected chi connectivity index (χ2v) is 7.45. The number of nitrogens with one attached hydrogen (secondary N) is 1. The summed E-state index contributed by atoms with van der Waals surface area (Å²) in [7, 11) is 1.50. The zero-order valence-corrected chi connectivity index (χ0v) is 16.1. The van der Waals surface area contributed by atoms with Gasteiger partial charge in [-0.2, -0.15) is 0 Å². The molecule has 0 unspecified atom stereocenters. The van der Waals surface area contributed by atoms with E-state index < -0.39 is 5.82 Å². The molecule has 0 fully saturated rings. The Bertz CT molecular complexity index is 1340. The Hall–Kier alpha value is -3.45. The molecule has 5 rings (SSSR count). The molecule has 0 aliphatic rings. The van der Waals surface area contributed by atoms with E-state index in [9.17, 15) is 8.78 Å². The van der Waals surface area contributed by atoms with Gasteiger partial charge in [-0.15, -0.1) is 0 Å². The highest BCUT2D eigenvalue weighted by Gasteiger charge is 2.23. The molecule has 2 aromatic heterocycles. The highest BCUT2D eigenvalue weighted by Crippen LogP contribution is 2.41. The minimum atomic E-state index is -0.429. The van der Waals surface area contributed by atoms with E-state index in [2.05, 4.69) is 5.32 Å². The van der Waals surface area contributed by atoms with Crippen LogP contribution in [0.25, 0.3) is 26.4 Å². The number of rotatable bonds is 4. The first-order chi connectivity index (χ1) is 14.2. The highest BCUT2D eigenvalue weighted by molar-refractivity contribution is 7.23. The van der Waals surface area contributed by atoms with Crippen LogP contribution in [0.3, 0.4) is 0 Å². The third-order valence-corrected chi connectivity index (χ3v) is 5.71. The van der Waals surface area contributed by atoms with Crippen LogP contribution in [0.15, 0.2) is 66.7 Å². The smallest absolute Gasteiger partial charge is 0.197 e. The first-order valence-electron chi connectivity index (χ1n) is 8.91. The van der Waals surface area contributed by atoms with E-state index in [1.807, 2.05) is 28.7 Å². The van der Waals surface area contributed by atoms with Crippen LogP contribution in [0.1, 0.15) is 0 Å². The predicted octanol–water partition coefficient (Wildman–Crippen LogP) is 6.25. The van der Waals surface area contributed by atoms with E-state index in [4.69, 9.17) is 9.72 Å². The minimum Gasteiger partial charge on any atom is -0.496 e. The summed E-state index contributed by atoms with van der Waals surface area (Å²) >= 11 is 1.51. The Labute approximate surface area is 169 Å². The third-order valence-electron chi connectivity index (χ3n) is 4.69. The number of hydrogen-bond acceptors (Lipinski definition) is 4. The van der Waals surface area contributed by atoms with Crippen molar-refractivity contribution >= 4 is 38.0 Å². The van der Waals surface area contributed by atoms with Crippen LogP contribution in [0.4, 0.5) is 20.3 Å². The van der Waals surface area contributed by atoms with Gasteiger partial charge in [0.15, 0.2) is 4.96 Å². The molecule has 0 aliphatic carbocycles. The number of methoxy groups -OCH3 is 1. The van der Waals surface area contributed by atoms with Crippen LogP contribution in [0.2, 0.25) is 0 Å². The fourth-order valence-corrected chi connectivity index (χ4v) is 4.41. The van der Waals surface area contributed by atoms with E-state index in [1.165, 1.54) is 36.6 Å². The standard InChI is InChI=1S/C22H15F2N3OS/c1-28-17-7-4-5-15(24)19(17)20-21(25-14-11-9-13(23)10-12-14)27-16-6-2-3-8-18(16)29-22(27)26-20/h2-12,25H,1H3. The van der Waals surface area contributed by atoms with E-state index in [0.29, 0.717) is 22.9 Å². The molecule has 3 aromatic carbocycles. The average Bonchev–Trinajstić information content (AvgIpc) is 3.26. The topological polar surface area (TPSA) is 38.6 Å². The molecule has 29 heavy (non-hydrogen) atoms.